The minimum Gasteiger partial charge on any atom is -0.290 e. The minimum atomic E-state index is 0.123. The Balaban J connectivity index is 1.76. The number of hydrogen-bond acceptors (Lipinski definition) is 1. The Hall–Kier alpha value is -3.20. The maximum absolute atomic E-state index is 12.7. The lowest BCUT2D eigenvalue weighted by molar-refractivity contribution is -0.663. The number of aryl methyl sites for hydroxylation is 2. The molecule has 0 fully saturated rings. The largest absolute Gasteiger partial charge is 0.290 e. The van der Waals surface area contributed by atoms with Gasteiger partial charge in [0.15, 0.2) is 17.6 Å². The van der Waals surface area contributed by atoms with Crippen LogP contribution in [0.15, 0.2) is 79.1 Å². The van der Waals surface area contributed by atoms with Crippen LogP contribution >= 0.6 is 0 Å². The fourth-order valence-corrected chi connectivity index (χ4v) is 3.44. The molecule has 1 heterocycles. The summed E-state index contributed by atoms with van der Waals surface area (Å²) in [5, 5.41) is 0. The van der Waals surface area contributed by atoms with Crippen molar-refractivity contribution < 1.29 is 9.36 Å². The van der Waals surface area contributed by atoms with Crippen LogP contribution in [0.5, 0.6) is 0 Å². The Bertz CT molecular complexity index is 1100. The molecule has 0 saturated carbocycles. The second-order valence-corrected chi connectivity index (χ2v) is 7.07. The monoisotopic (exact) mass is 355 g/mol. The molecule has 0 atom stereocenters. The second kappa shape index (κ2) is 7.20. The topological polar surface area (TPSA) is 25.9 Å². The zero-order valence-electron chi connectivity index (χ0n) is 15.7. The molecule has 0 aliphatic heterocycles. The van der Waals surface area contributed by atoms with E-state index in [-0.39, 0.29) is 5.78 Å². The standard InChI is InChI=1S/C24H23N2O/c1-18-13-22-23(14-19(18)2)26(16-24(27)21-11-7-4-8-12-21)17-25(22)15-20-9-5-3-6-10-20/h3-14,17H,15-16H2,1-2H3/q+1. The molecule has 3 aromatic carbocycles. The molecule has 134 valence electrons. The summed E-state index contributed by atoms with van der Waals surface area (Å²) >= 11 is 0. The van der Waals surface area contributed by atoms with E-state index in [9.17, 15) is 4.79 Å². The van der Waals surface area contributed by atoms with E-state index in [1.165, 1.54) is 16.7 Å². The second-order valence-electron chi connectivity index (χ2n) is 7.07. The number of benzene rings is 3. The molecule has 0 unspecified atom stereocenters. The third-order valence-corrected chi connectivity index (χ3v) is 5.09. The van der Waals surface area contributed by atoms with Crippen molar-refractivity contribution in [3.63, 3.8) is 0 Å². The van der Waals surface area contributed by atoms with Gasteiger partial charge in [0.05, 0.1) is 0 Å². The van der Waals surface area contributed by atoms with Crippen molar-refractivity contribution in [2.75, 3.05) is 0 Å². The fraction of sp³-hybridized carbons (Fsp3) is 0.167. The number of nitrogens with zero attached hydrogens (tertiary/aromatic N) is 2. The van der Waals surface area contributed by atoms with Crippen LogP contribution in [-0.2, 0) is 13.1 Å². The van der Waals surface area contributed by atoms with Crippen molar-refractivity contribution in [2.45, 2.75) is 26.9 Å². The molecule has 0 aliphatic rings. The predicted octanol–water partition coefficient (Wildman–Crippen LogP) is 4.48. The zero-order valence-corrected chi connectivity index (χ0v) is 15.7. The van der Waals surface area contributed by atoms with Crippen LogP contribution in [0.1, 0.15) is 27.0 Å². The molecular formula is C24H23N2O+. The molecule has 0 spiro atoms. The van der Waals surface area contributed by atoms with Crippen molar-refractivity contribution in [3.05, 3.63) is 101 Å². The first-order chi connectivity index (χ1) is 13.1. The number of carbonyl (C=O) groups is 1. The maximum Gasteiger partial charge on any atom is 0.245 e. The molecule has 3 nitrogen and oxygen atoms in total. The Morgan fingerprint density at radius 3 is 2.22 bits per heavy atom. The Morgan fingerprint density at radius 2 is 1.52 bits per heavy atom. The van der Waals surface area contributed by atoms with Crippen molar-refractivity contribution in [1.29, 1.82) is 0 Å². The summed E-state index contributed by atoms with van der Waals surface area (Å²) in [5.41, 5.74) is 6.74. The van der Waals surface area contributed by atoms with E-state index in [1.807, 2.05) is 36.4 Å². The van der Waals surface area contributed by atoms with Crippen LogP contribution in [0.2, 0.25) is 0 Å². The molecule has 0 saturated heterocycles. The molecule has 3 heteroatoms. The Labute approximate surface area is 159 Å². The highest BCUT2D eigenvalue weighted by Gasteiger charge is 2.20. The third kappa shape index (κ3) is 3.54. The van der Waals surface area contributed by atoms with Gasteiger partial charge in [-0.1, -0.05) is 60.7 Å². The lowest BCUT2D eigenvalue weighted by atomic mass is 10.1. The SMILES string of the molecule is Cc1cc2c(cc1C)[n+](Cc1ccccc1)cn2CC(=O)c1ccccc1. The number of carbonyl (C=O) groups excluding carboxylic acids is 1. The van der Waals surface area contributed by atoms with Crippen LogP contribution < -0.4 is 4.57 Å². The molecule has 0 radical (unpaired) electrons. The van der Waals surface area contributed by atoms with Gasteiger partial charge in [-0.05, 0) is 42.7 Å². The first-order valence-electron chi connectivity index (χ1n) is 9.23. The highest BCUT2D eigenvalue weighted by Crippen LogP contribution is 2.19. The molecule has 4 aromatic rings. The molecule has 4 rings (SSSR count). The zero-order chi connectivity index (χ0) is 18.8. The smallest absolute Gasteiger partial charge is 0.245 e. The quantitative estimate of drug-likeness (QED) is 0.383. The molecule has 27 heavy (non-hydrogen) atoms. The minimum absolute atomic E-state index is 0.123. The summed E-state index contributed by atoms with van der Waals surface area (Å²) in [6.45, 7) is 5.37. The summed E-state index contributed by atoms with van der Waals surface area (Å²) in [5.74, 6) is 0.123. The Kier molecular flexibility index (Phi) is 4.59. The van der Waals surface area contributed by atoms with Gasteiger partial charge in [-0.15, -0.1) is 0 Å². The van der Waals surface area contributed by atoms with E-state index in [2.05, 4.69) is 65.7 Å². The van der Waals surface area contributed by atoms with E-state index in [0.717, 1.165) is 23.1 Å². The molecule has 1 aromatic heterocycles. The lowest BCUT2D eigenvalue weighted by Gasteiger charge is -2.01. The van der Waals surface area contributed by atoms with E-state index in [4.69, 9.17) is 0 Å². The molecule has 0 amide bonds. The van der Waals surface area contributed by atoms with Crippen LogP contribution in [0.4, 0.5) is 0 Å². The highest BCUT2D eigenvalue weighted by atomic mass is 16.1. The van der Waals surface area contributed by atoms with E-state index in [1.54, 1.807) is 0 Å². The number of rotatable bonds is 5. The number of aromatic nitrogens is 2. The number of fused-ring (bicyclic) bond motifs is 1. The van der Waals surface area contributed by atoms with Gasteiger partial charge < -0.3 is 0 Å². The van der Waals surface area contributed by atoms with Gasteiger partial charge >= 0.3 is 0 Å². The summed E-state index contributed by atoms with van der Waals surface area (Å²) in [7, 11) is 0. The normalized spacial score (nSPS) is 11.0. The van der Waals surface area contributed by atoms with E-state index in [0.29, 0.717) is 6.54 Å². The summed E-state index contributed by atoms with van der Waals surface area (Å²) in [6, 6.07) is 24.3. The van der Waals surface area contributed by atoms with Gasteiger partial charge in [-0.25, -0.2) is 9.13 Å². The molecule has 0 N–H and O–H groups in total. The summed E-state index contributed by atoms with van der Waals surface area (Å²) < 4.78 is 4.30. The van der Waals surface area contributed by atoms with E-state index >= 15 is 0 Å². The average Bonchev–Trinajstić information content (AvgIpc) is 3.00. The lowest BCUT2D eigenvalue weighted by Crippen LogP contribution is -2.33. The van der Waals surface area contributed by atoms with Crippen molar-refractivity contribution in [3.8, 4) is 0 Å². The number of imidazole rings is 1. The van der Waals surface area contributed by atoms with Crippen molar-refractivity contribution in [2.24, 2.45) is 0 Å². The summed E-state index contributed by atoms with van der Waals surface area (Å²) in [6.07, 6.45) is 2.07. The summed E-state index contributed by atoms with van der Waals surface area (Å²) in [4.78, 5) is 12.7. The van der Waals surface area contributed by atoms with Crippen molar-refractivity contribution in [1.82, 2.24) is 4.57 Å². The predicted molar refractivity (Wildman–Crippen MR) is 108 cm³/mol. The third-order valence-electron chi connectivity index (χ3n) is 5.09. The molecule has 0 aliphatic carbocycles. The van der Waals surface area contributed by atoms with Gasteiger partial charge in [-0.3, -0.25) is 4.79 Å². The van der Waals surface area contributed by atoms with Gasteiger partial charge in [-0.2, -0.15) is 0 Å². The first kappa shape index (κ1) is 17.2. The van der Waals surface area contributed by atoms with Crippen LogP contribution in [0.3, 0.4) is 0 Å². The van der Waals surface area contributed by atoms with Gasteiger partial charge in [0.2, 0.25) is 12.1 Å². The molecular weight excluding hydrogens is 332 g/mol. The van der Waals surface area contributed by atoms with Crippen LogP contribution in [0.25, 0.3) is 11.0 Å². The van der Waals surface area contributed by atoms with Gasteiger partial charge in [0.1, 0.15) is 6.54 Å². The maximum atomic E-state index is 12.7. The average molecular weight is 355 g/mol. The van der Waals surface area contributed by atoms with Crippen molar-refractivity contribution >= 4 is 16.8 Å². The Morgan fingerprint density at radius 1 is 0.889 bits per heavy atom. The van der Waals surface area contributed by atoms with Crippen LogP contribution in [0, 0.1) is 13.8 Å². The fourth-order valence-electron chi connectivity index (χ4n) is 3.44. The first-order valence-corrected chi connectivity index (χ1v) is 9.23. The number of Topliss-reactive ketones (excluding diaryl/α,β-unsaturated/α-hetero) is 1. The highest BCUT2D eigenvalue weighted by molar-refractivity contribution is 5.96. The van der Waals surface area contributed by atoms with E-state index < -0.39 is 0 Å². The number of ketones is 1. The van der Waals surface area contributed by atoms with Gasteiger partial charge in [0, 0.05) is 5.56 Å². The molecule has 0 bridgehead atoms. The van der Waals surface area contributed by atoms with Gasteiger partial charge in [0.25, 0.3) is 0 Å². The number of hydrogen-bond donors (Lipinski definition) is 0. The van der Waals surface area contributed by atoms with Crippen LogP contribution in [-0.4, -0.2) is 10.4 Å².